The molecule has 6 heteroatoms. The number of H-pyrrole nitrogens is 2. The lowest BCUT2D eigenvalue weighted by Crippen LogP contribution is -2.18. The highest BCUT2D eigenvalue weighted by atomic mass is 32.1. The van der Waals surface area contributed by atoms with Crippen LogP contribution in [0.2, 0.25) is 0 Å². The molecular weight excluding hydrogens is 300 g/mol. The van der Waals surface area contributed by atoms with Gasteiger partial charge in [0.2, 0.25) is 0 Å². The molecule has 5 nitrogen and oxygen atoms in total. The molecule has 118 valence electrons. The van der Waals surface area contributed by atoms with Crippen LogP contribution in [0, 0.1) is 4.77 Å². The van der Waals surface area contributed by atoms with Crippen LogP contribution in [-0.4, -0.2) is 23.7 Å². The van der Waals surface area contributed by atoms with Crippen LogP contribution in [0.5, 0.6) is 11.5 Å². The first-order valence-corrected chi connectivity index (χ1v) is 7.63. The molecule has 1 aromatic carbocycles. The average Bonchev–Trinajstić information content (AvgIpc) is 2.51. The summed E-state index contributed by atoms with van der Waals surface area (Å²) in [5, 5.41) is 0. The Labute approximate surface area is 134 Å². The molecule has 0 saturated heterocycles. The van der Waals surface area contributed by atoms with E-state index in [0.717, 1.165) is 17.7 Å². The molecule has 2 N–H and O–H groups in total. The Morgan fingerprint density at radius 2 is 1.95 bits per heavy atom. The predicted octanol–water partition coefficient (Wildman–Crippen LogP) is 2.99. The smallest absolute Gasteiger partial charge is 0.255 e. The number of aromatic amines is 2. The summed E-state index contributed by atoms with van der Waals surface area (Å²) in [6.07, 6.45) is 1.23. The molecule has 0 unspecified atom stereocenters. The summed E-state index contributed by atoms with van der Waals surface area (Å²) in [5.74, 6) is 1.36. The Kier molecular flexibility index (Phi) is 5.38. The van der Waals surface area contributed by atoms with Gasteiger partial charge in [0.1, 0.15) is 0 Å². The Morgan fingerprint density at radius 3 is 2.59 bits per heavy atom. The van der Waals surface area contributed by atoms with E-state index < -0.39 is 0 Å². The molecule has 0 spiro atoms. The Hall–Kier alpha value is -2.08. The van der Waals surface area contributed by atoms with E-state index in [4.69, 9.17) is 21.7 Å². The number of aryl methyl sites for hydroxylation is 1. The van der Waals surface area contributed by atoms with Gasteiger partial charge in [-0.1, -0.05) is 13.0 Å². The molecule has 0 fully saturated rings. The number of ether oxygens (including phenoxy) is 2. The summed E-state index contributed by atoms with van der Waals surface area (Å²) in [5.41, 5.74) is 2.39. The van der Waals surface area contributed by atoms with Crippen LogP contribution in [0.25, 0.3) is 0 Å². The Balaban J connectivity index is 2.39. The summed E-state index contributed by atoms with van der Waals surface area (Å²) < 4.78 is 11.2. The summed E-state index contributed by atoms with van der Waals surface area (Å²) >= 11 is 5.02. The SMILES string of the molecule is CCOc1ccc(Cc2c(CC)[nH]c(=S)[nH]c2=O)cc1OC. The molecule has 0 aliphatic carbocycles. The number of methoxy groups -OCH3 is 1. The molecule has 0 bridgehead atoms. The van der Waals surface area contributed by atoms with Gasteiger partial charge in [-0.15, -0.1) is 0 Å². The van der Waals surface area contributed by atoms with Crippen molar-refractivity contribution in [1.29, 1.82) is 0 Å². The fourth-order valence-corrected chi connectivity index (χ4v) is 2.56. The van der Waals surface area contributed by atoms with Gasteiger partial charge in [0.15, 0.2) is 16.3 Å². The topological polar surface area (TPSA) is 67.1 Å². The lowest BCUT2D eigenvalue weighted by Gasteiger charge is -2.12. The molecule has 0 aliphatic rings. The molecule has 1 heterocycles. The normalized spacial score (nSPS) is 10.5. The predicted molar refractivity (Wildman–Crippen MR) is 88.6 cm³/mol. The zero-order chi connectivity index (χ0) is 16.1. The number of nitrogens with one attached hydrogen (secondary N) is 2. The molecule has 2 aromatic rings. The van der Waals surface area contributed by atoms with Gasteiger partial charge in [0, 0.05) is 17.7 Å². The molecule has 0 radical (unpaired) electrons. The first kappa shape index (κ1) is 16.3. The standard InChI is InChI=1S/C16H20N2O3S/c1-4-12-11(15(19)18-16(22)17-12)8-10-6-7-13(21-5-2)14(9-10)20-3/h6-7,9H,4-5,8H2,1-3H3,(H2,17,18,19,22). The minimum Gasteiger partial charge on any atom is -0.493 e. The number of benzene rings is 1. The van der Waals surface area contributed by atoms with Crippen LogP contribution in [0.15, 0.2) is 23.0 Å². The fraction of sp³-hybridized carbons (Fsp3) is 0.375. The average molecular weight is 320 g/mol. The van der Waals surface area contributed by atoms with Crippen molar-refractivity contribution in [3.63, 3.8) is 0 Å². The quantitative estimate of drug-likeness (QED) is 0.803. The number of aromatic nitrogens is 2. The molecule has 2 rings (SSSR count). The van der Waals surface area contributed by atoms with Gasteiger partial charge in [0.05, 0.1) is 13.7 Å². The number of rotatable bonds is 6. The van der Waals surface area contributed by atoms with E-state index in [0.29, 0.717) is 34.9 Å². The summed E-state index contributed by atoms with van der Waals surface area (Å²) in [6.45, 7) is 4.49. The lowest BCUT2D eigenvalue weighted by molar-refractivity contribution is 0.310. The molecule has 0 aliphatic heterocycles. The van der Waals surface area contributed by atoms with Crippen molar-refractivity contribution in [3.8, 4) is 11.5 Å². The summed E-state index contributed by atoms with van der Waals surface area (Å²) in [7, 11) is 1.60. The maximum Gasteiger partial charge on any atom is 0.255 e. The zero-order valence-corrected chi connectivity index (χ0v) is 13.8. The third kappa shape index (κ3) is 3.57. The second-order valence-corrected chi connectivity index (χ2v) is 5.22. The molecule has 0 amide bonds. The van der Waals surface area contributed by atoms with Crippen molar-refractivity contribution >= 4 is 12.2 Å². The highest BCUT2D eigenvalue weighted by Gasteiger charge is 2.11. The first-order valence-electron chi connectivity index (χ1n) is 7.23. The van der Waals surface area contributed by atoms with E-state index in [1.807, 2.05) is 32.0 Å². The van der Waals surface area contributed by atoms with Crippen molar-refractivity contribution in [2.24, 2.45) is 0 Å². The Morgan fingerprint density at radius 1 is 1.18 bits per heavy atom. The molecule has 0 atom stereocenters. The van der Waals surface area contributed by atoms with Gasteiger partial charge in [-0.05, 0) is 43.3 Å². The van der Waals surface area contributed by atoms with E-state index in [1.54, 1.807) is 7.11 Å². The summed E-state index contributed by atoms with van der Waals surface area (Å²) in [6, 6.07) is 5.70. The molecule has 0 saturated carbocycles. The fourth-order valence-electron chi connectivity index (χ4n) is 2.35. The lowest BCUT2D eigenvalue weighted by atomic mass is 10.0. The van der Waals surface area contributed by atoms with Gasteiger partial charge in [0.25, 0.3) is 5.56 Å². The van der Waals surface area contributed by atoms with Crippen LogP contribution in [0.1, 0.15) is 30.7 Å². The second kappa shape index (κ2) is 7.26. The highest BCUT2D eigenvalue weighted by Crippen LogP contribution is 2.28. The number of hydrogen-bond donors (Lipinski definition) is 2. The first-order chi connectivity index (χ1) is 10.6. The maximum absolute atomic E-state index is 12.1. The van der Waals surface area contributed by atoms with Crippen molar-refractivity contribution in [3.05, 3.63) is 50.1 Å². The summed E-state index contributed by atoms with van der Waals surface area (Å²) in [4.78, 5) is 17.8. The molecule has 1 aromatic heterocycles. The van der Waals surface area contributed by atoms with Crippen molar-refractivity contribution in [1.82, 2.24) is 9.97 Å². The van der Waals surface area contributed by atoms with Crippen LogP contribution in [-0.2, 0) is 12.8 Å². The zero-order valence-electron chi connectivity index (χ0n) is 13.0. The largest absolute Gasteiger partial charge is 0.493 e. The molecule has 22 heavy (non-hydrogen) atoms. The van der Waals surface area contributed by atoms with Crippen LogP contribution in [0.4, 0.5) is 0 Å². The van der Waals surface area contributed by atoms with Gasteiger partial charge in [-0.2, -0.15) is 0 Å². The third-order valence-corrected chi connectivity index (χ3v) is 3.60. The van der Waals surface area contributed by atoms with Gasteiger partial charge >= 0.3 is 0 Å². The number of hydrogen-bond acceptors (Lipinski definition) is 4. The van der Waals surface area contributed by atoms with Crippen LogP contribution < -0.4 is 15.0 Å². The van der Waals surface area contributed by atoms with Gasteiger partial charge in [-0.25, -0.2) is 0 Å². The van der Waals surface area contributed by atoms with Crippen LogP contribution >= 0.6 is 12.2 Å². The minimum atomic E-state index is -0.145. The second-order valence-electron chi connectivity index (χ2n) is 4.81. The molecular formula is C16H20N2O3S. The van der Waals surface area contributed by atoms with Gasteiger partial charge in [-0.3, -0.25) is 9.78 Å². The maximum atomic E-state index is 12.1. The van der Waals surface area contributed by atoms with E-state index in [9.17, 15) is 4.79 Å². The van der Waals surface area contributed by atoms with E-state index in [2.05, 4.69) is 9.97 Å². The van der Waals surface area contributed by atoms with Crippen molar-refractivity contribution < 1.29 is 9.47 Å². The van der Waals surface area contributed by atoms with E-state index in [-0.39, 0.29) is 5.56 Å². The van der Waals surface area contributed by atoms with Crippen molar-refractivity contribution in [2.75, 3.05) is 13.7 Å². The van der Waals surface area contributed by atoms with Gasteiger partial charge < -0.3 is 14.5 Å². The monoisotopic (exact) mass is 320 g/mol. The van der Waals surface area contributed by atoms with E-state index >= 15 is 0 Å². The third-order valence-electron chi connectivity index (χ3n) is 3.39. The minimum absolute atomic E-state index is 0.145. The van der Waals surface area contributed by atoms with Crippen LogP contribution in [0.3, 0.4) is 0 Å². The van der Waals surface area contributed by atoms with Crippen molar-refractivity contribution in [2.45, 2.75) is 26.7 Å². The van der Waals surface area contributed by atoms with E-state index in [1.165, 1.54) is 0 Å². The Bertz CT molecular complexity index is 765. The highest BCUT2D eigenvalue weighted by molar-refractivity contribution is 7.71.